The minimum Gasteiger partial charge on any atom is -0.283 e. The van der Waals surface area contributed by atoms with E-state index in [2.05, 4.69) is 19.9 Å². The Morgan fingerprint density at radius 2 is 2.14 bits per heavy atom. The molecule has 2 rings (SSSR count). The molecule has 0 unspecified atom stereocenters. The third-order valence-electron chi connectivity index (χ3n) is 3.23. The molecule has 114 valence electrons. The van der Waals surface area contributed by atoms with E-state index in [1.807, 2.05) is 25.1 Å². The molecule has 0 amide bonds. The highest BCUT2D eigenvalue weighted by Crippen LogP contribution is 2.05. The first-order chi connectivity index (χ1) is 10.1. The van der Waals surface area contributed by atoms with Gasteiger partial charge in [0.1, 0.15) is 0 Å². The van der Waals surface area contributed by atoms with Crippen LogP contribution in [-0.2, 0) is 22.9 Å². The lowest BCUT2D eigenvalue weighted by Gasteiger charge is -2.06. The minimum atomic E-state index is -3.24. The molecule has 2 aromatic heterocycles. The highest BCUT2D eigenvalue weighted by atomic mass is 32.2. The van der Waals surface area contributed by atoms with Gasteiger partial charge in [0.25, 0.3) is 0 Å². The number of aromatic nitrogens is 3. The van der Waals surface area contributed by atoms with Crippen LogP contribution in [0.1, 0.15) is 23.4 Å². The van der Waals surface area contributed by atoms with Crippen molar-refractivity contribution in [2.75, 3.05) is 12.3 Å². The number of nitrogens with zero attached hydrogens (tertiary/aromatic N) is 2. The van der Waals surface area contributed by atoms with E-state index in [1.165, 1.54) is 0 Å². The van der Waals surface area contributed by atoms with Gasteiger partial charge >= 0.3 is 0 Å². The van der Waals surface area contributed by atoms with Crippen molar-refractivity contribution in [2.45, 2.75) is 26.2 Å². The van der Waals surface area contributed by atoms with Crippen molar-refractivity contribution in [1.82, 2.24) is 19.9 Å². The number of nitrogens with one attached hydrogen (secondary N) is 2. The lowest BCUT2D eigenvalue weighted by atomic mass is 10.1. The second kappa shape index (κ2) is 7.33. The number of hydrogen-bond acceptors (Lipinski definition) is 4. The summed E-state index contributed by atoms with van der Waals surface area (Å²) in [6.07, 6.45) is 5.44. The Morgan fingerprint density at radius 3 is 2.81 bits per heavy atom. The average Bonchev–Trinajstić information content (AvgIpc) is 2.88. The summed E-state index contributed by atoms with van der Waals surface area (Å²) in [5.74, 6) is 0.0642. The predicted molar refractivity (Wildman–Crippen MR) is 81.4 cm³/mol. The van der Waals surface area contributed by atoms with E-state index in [9.17, 15) is 8.42 Å². The Hall–Kier alpha value is -1.73. The number of aryl methyl sites for hydroxylation is 3. The lowest BCUT2D eigenvalue weighted by molar-refractivity contribution is 0.578. The number of sulfonamides is 1. The maximum absolute atomic E-state index is 11.9. The lowest BCUT2D eigenvalue weighted by Crippen LogP contribution is -2.28. The molecule has 0 aliphatic heterocycles. The van der Waals surface area contributed by atoms with E-state index in [0.717, 1.165) is 29.8 Å². The maximum Gasteiger partial charge on any atom is 0.211 e. The van der Waals surface area contributed by atoms with Gasteiger partial charge in [0.2, 0.25) is 10.0 Å². The van der Waals surface area contributed by atoms with Crippen LogP contribution in [0.3, 0.4) is 0 Å². The first-order valence-electron chi connectivity index (χ1n) is 6.93. The summed E-state index contributed by atoms with van der Waals surface area (Å²) < 4.78 is 26.4. The fourth-order valence-electron chi connectivity index (χ4n) is 1.99. The summed E-state index contributed by atoms with van der Waals surface area (Å²) >= 11 is 0. The third-order valence-corrected chi connectivity index (χ3v) is 4.62. The summed E-state index contributed by atoms with van der Waals surface area (Å²) in [5.41, 5.74) is 2.95. The smallest absolute Gasteiger partial charge is 0.211 e. The summed E-state index contributed by atoms with van der Waals surface area (Å²) in [4.78, 5) is 4.12. The van der Waals surface area contributed by atoms with Gasteiger partial charge < -0.3 is 0 Å². The second-order valence-corrected chi connectivity index (χ2v) is 6.83. The van der Waals surface area contributed by atoms with E-state index in [0.29, 0.717) is 13.0 Å². The molecule has 21 heavy (non-hydrogen) atoms. The van der Waals surface area contributed by atoms with Gasteiger partial charge in [-0.1, -0.05) is 6.07 Å². The zero-order valence-electron chi connectivity index (χ0n) is 12.0. The van der Waals surface area contributed by atoms with E-state index < -0.39 is 10.0 Å². The van der Waals surface area contributed by atoms with Crippen molar-refractivity contribution in [3.8, 4) is 0 Å². The first kappa shape index (κ1) is 15.7. The first-order valence-corrected chi connectivity index (χ1v) is 8.58. The number of H-pyrrole nitrogens is 1. The van der Waals surface area contributed by atoms with E-state index in [4.69, 9.17) is 0 Å². The van der Waals surface area contributed by atoms with Gasteiger partial charge in [0.15, 0.2) is 0 Å². The van der Waals surface area contributed by atoms with Crippen molar-refractivity contribution in [3.05, 3.63) is 47.5 Å². The Balaban J connectivity index is 1.70. The highest BCUT2D eigenvalue weighted by Gasteiger charge is 2.10. The molecule has 0 atom stereocenters. The standard InChI is InChI=1S/C14H20N4O2S/c1-12-13(11-16-18-12)5-4-9-17-21(19,20)10-7-14-6-2-3-8-15-14/h2-3,6,8,11,17H,4-5,7,9-10H2,1H3,(H,16,18). The van der Waals surface area contributed by atoms with Crippen molar-refractivity contribution < 1.29 is 8.42 Å². The fraction of sp³-hybridized carbons (Fsp3) is 0.429. The van der Waals surface area contributed by atoms with Gasteiger partial charge in [-0.3, -0.25) is 10.1 Å². The van der Waals surface area contributed by atoms with Crippen LogP contribution in [0.4, 0.5) is 0 Å². The van der Waals surface area contributed by atoms with Crippen LogP contribution in [0.25, 0.3) is 0 Å². The van der Waals surface area contributed by atoms with Crippen molar-refractivity contribution in [1.29, 1.82) is 0 Å². The Labute approximate surface area is 125 Å². The van der Waals surface area contributed by atoms with Crippen molar-refractivity contribution in [3.63, 3.8) is 0 Å². The molecule has 0 aliphatic carbocycles. The van der Waals surface area contributed by atoms with Crippen LogP contribution >= 0.6 is 0 Å². The average molecular weight is 308 g/mol. The molecular formula is C14H20N4O2S. The topological polar surface area (TPSA) is 87.7 Å². The molecule has 2 N–H and O–H groups in total. The number of rotatable bonds is 8. The number of hydrogen-bond donors (Lipinski definition) is 2. The van der Waals surface area contributed by atoms with Crippen LogP contribution in [0, 0.1) is 6.92 Å². The van der Waals surface area contributed by atoms with E-state index in [1.54, 1.807) is 12.4 Å². The van der Waals surface area contributed by atoms with Gasteiger partial charge in [0, 0.05) is 30.6 Å². The van der Waals surface area contributed by atoms with Gasteiger partial charge in [-0.2, -0.15) is 5.10 Å². The van der Waals surface area contributed by atoms with E-state index >= 15 is 0 Å². The molecule has 6 nitrogen and oxygen atoms in total. The Kier molecular flexibility index (Phi) is 5.46. The molecule has 0 bridgehead atoms. The molecule has 0 saturated heterocycles. The predicted octanol–water partition coefficient (Wildman–Crippen LogP) is 1.21. The zero-order chi connectivity index (χ0) is 15.1. The number of pyridine rings is 1. The van der Waals surface area contributed by atoms with Crippen LogP contribution in [0.15, 0.2) is 30.6 Å². The quantitative estimate of drug-likeness (QED) is 0.718. The summed E-state index contributed by atoms with van der Waals surface area (Å²) in [6.45, 7) is 2.40. The molecule has 7 heteroatoms. The monoisotopic (exact) mass is 308 g/mol. The fourth-order valence-corrected chi connectivity index (χ4v) is 3.07. The molecule has 0 fully saturated rings. The zero-order valence-corrected chi connectivity index (χ0v) is 12.9. The van der Waals surface area contributed by atoms with E-state index in [-0.39, 0.29) is 5.75 Å². The summed E-state index contributed by atoms with van der Waals surface area (Å²) in [5, 5.41) is 6.81. The van der Waals surface area contributed by atoms with Gasteiger partial charge in [-0.05, 0) is 37.5 Å². The highest BCUT2D eigenvalue weighted by molar-refractivity contribution is 7.89. The molecule has 2 heterocycles. The van der Waals surface area contributed by atoms with Crippen LogP contribution in [0.2, 0.25) is 0 Å². The summed E-state index contributed by atoms with van der Waals surface area (Å²) in [7, 11) is -3.24. The molecule has 0 aromatic carbocycles. The van der Waals surface area contributed by atoms with Gasteiger partial charge in [-0.25, -0.2) is 13.1 Å². The minimum absolute atomic E-state index is 0.0642. The van der Waals surface area contributed by atoms with Crippen LogP contribution in [0.5, 0.6) is 0 Å². The second-order valence-electron chi connectivity index (χ2n) is 4.91. The molecule has 0 spiro atoms. The molecule has 0 saturated carbocycles. The Bertz CT molecular complexity index is 653. The SMILES string of the molecule is Cc1[nH]ncc1CCCNS(=O)(=O)CCc1ccccn1. The largest absolute Gasteiger partial charge is 0.283 e. The molecular weight excluding hydrogens is 288 g/mol. The molecule has 0 aliphatic rings. The van der Waals surface area contributed by atoms with Gasteiger partial charge in [0.05, 0.1) is 11.9 Å². The third kappa shape index (κ3) is 5.28. The van der Waals surface area contributed by atoms with Crippen molar-refractivity contribution in [2.24, 2.45) is 0 Å². The summed E-state index contributed by atoms with van der Waals surface area (Å²) in [6, 6.07) is 5.50. The Morgan fingerprint density at radius 1 is 1.29 bits per heavy atom. The van der Waals surface area contributed by atoms with Crippen LogP contribution < -0.4 is 4.72 Å². The van der Waals surface area contributed by atoms with Crippen LogP contribution in [-0.4, -0.2) is 35.9 Å². The molecule has 2 aromatic rings. The van der Waals surface area contributed by atoms with Crippen molar-refractivity contribution >= 4 is 10.0 Å². The molecule has 0 radical (unpaired) electrons. The number of aromatic amines is 1. The van der Waals surface area contributed by atoms with Gasteiger partial charge in [-0.15, -0.1) is 0 Å². The normalized spacial score (nSPS) is 11.7. The maximum atomic E-state index is 11.9.